The fraction of sp³-hybridized carbons (Fsp3) is 0.214. The van der Waals surface area contributed by atoms with Crippen molar-refractivity contribution in [1.29, 1.82) is 0 Å². The van der Waals surface area contributed by atoms with Gasteiger partial charge in [0.05, 0.1) is 0 Å². The highest BCUT2D eigenvalue weighted by molar-refractivity contribution is 5.86. The highest BCUT2D eigenvalue weighted by Gasteiger charge is 2.25. The summed E-state index contributed by atoms with van der Waals surface area (Å²) in [4.78, 5) is 11.4. The van der Waals surface area contributed by atoms with E-state index in [9.17, 15) is 18.7 Å². The maximum absolute atomic E-state index is 12.4. The highest BCUT2D eigenvalue weighted by atomic mass is 19.3. The van der Waals surface area contributed by atoms with Gasteiger partial charge in [-0.3, -0.25) is 4.79 Å². The van der Waals surface area contributed by atoms with Crippen LogP contribution in [0.5, 0.6) is 11.5 Å². The lowest BCUT2D eigenvalue weighted by atomic mass is 10.1. The average molecular weight is 266 g/mol. The van der Waals surface area contributed by atoms with Crippen molar-refractivity contribution in [2.45, 2.75) is 13.3 Å². The maximum atomic E-state index is 12.4. The van der Waals surface area contributed by atoms with E-state index in [2.05, 4.69) is 0 Å². The van der Waals surface area contributed by atoms with Gasteiger partial charge in [0.15, 0.2) is 0 Å². The summed E-state index contributed by atoms with van der Waals surface area (Å²) in [7, 11) is 0. The number of rotatable bonds is 3. The van der Waals surface area contributed by atoms with E-state index in [0.717, 1.165) is 17.7 Å². The molecule has 1 unspecified atom stereocenters. The molecule has 19 heavy (non-hydrogen) atoms. The summed E-state index contributed by atoms with van der Waals surface area (Å²) in [6.45, 7) is 1.12. The molecular formula is C14H12F2O3. The van der Waals surface area contributed by atoms with Gasteiger partial charge < -0.3 is 9.84 Å². The number of carbonyl (C=O) groups excluding carboxylic acids is 1. The van der Waals surface area contributed by atoms with Crippen LogP contribution in [0.3, 0.4) is 0 Å². The van der Waals surface area contributed by atoms with E-state index in [4.69, 9.17) is 4.74 Å². The summed E-state index contributed by atoms with van der Waals surface area (Å²) in [6, 6.07) is 9.41. The van der Waals surface area contributed by atoms with E-state index in [0.29, 0.717) is 0 Å². The van der Waals surface area contributed by atoms with Crippen LogP contribution in [-0.4, -0.2) is 17.5 Å². The average Bonchev–Trinajstić information content (AvgIpc) is 2.37. The molecule has 0 radical (unpaired) electrons. The summed E-state index contributed by atoms with van der Waals surface area (Å²) in [5, 5.41) is 10.8. The first-order valence-electron chi connectivity index (χ1n) is 5.70. The minimum Gasteiger partial charge on any atom is -0.508 e. The Hall–Kier alpha value is -2.17. The van der Waals surface area contributed by atoms with Gasteiger partial charge in [-0.2, -0.15) is 0 Å². The molecule has 0 bridgehead atoms. The van der Waals surface area contributed by atoms with Gasteiger partial charge >= 0.3 is 5.97 Å². The lowest BCUT2D eigenvalue weighted by Gasteiger charge is -2.10. The zero-order valence-corrected chi connectivity index (χ0v) is 10.1. The standard InChI is InChI=1S/C14H12F2O3/c1-8(13(15)16)14(18)19-12-5-3-9-6-11(17)4-2-10(9)7-12/h2-8,13,17H,1H3. The lowest BCUT2D eigenvalue weighted by molar-refractivity contribution is -0.143. The fourth-order valence-electron chi connectivity index (χ4n) is 1.59. The number of benzene rings is 2. The third-order valence-corrected chi connectivity index (χ3v) is 2.76. The Labute approximate surface area is 108 Å². The highest BCUT2D eigenvalue weighted by Crippen LogP contribution is 2.25. The molecule has 2 aromatic rings. The van der Waals surface area contributed by atoms with E-state index >= 15 is 0 Å². The molecule has 0 aliphatic heterocycles. The smallest absolute Gasteiger partial charge is 0.319 e. The Morgan fingerprint density at radius 3 is 2.47 bits per heavy atom. The van der Waals surface area contributed by atoms with Crippen molar-refractivity contribution in [3.63, 3.8) is 0 Å². The van der Waals surface area contributed by atoms with Crippen LogP contribution in [0.2, 0.25) is 0 Å². The molecule has 1 N–H and O–H groups in total. The number of ether oxygens (including phenoxy) is 1. The molecule has 0 amide bonds. The Morgan fingerprint density at radius 2 is 1.79 bits per heavy atom. The summed E-state index contributed by atoms with van der Waals surface area (Å²) < 4.78 is 29.6. The maximum Gasteiger partial charge on any atom is 0.319 e. The van der Waals surface area contributed by atoms with Crippen molar-refractivity contribution in [2.75, 3.05) is 0 Å². The first kappa shape index (κ1) is 13.3. The molecule has 2 aromatic carbocycles. The molecule has 2 rings (SSSR count). The van der Waals surface area contributed by atoms with Gasteiger partial charge in [-0.05, 0) is 42.0 Å². The van der Waals surface area contributed by atoms with Crippen molar-refractivity contribution >= 4 is 16.7 Å². The number of carbonyl (C=O) groups is 1. The third kappa shape index (κ3) is 2.99. The van der Waals surface area contributed by atoms with E-state index < -0.39 is 18.3 Å². The second kappa shape index (κ2) is 5.22. The first-order valence-corrected chi connectivity index (χ1v) is 5.70. The van der Waals surface area contributed by atoms with E-state index in [1.807, 2.05) is 0 Å². The van der Waals surface area contributed by atoms with E-state index in [-0.39, 0.29) is 11.5 Å². The predicted octanol–water partition coefficient (Wildman–Crippen LogP) is 3.35. The number of esters is 1. The molecule has 0 aromatic heterocycles. The molecule has 1 atom stereocenters. The predicted molar refractivity (Wildman–Crippen MR) is 66.4 cm³/mol. The number of halogens is 2. The van der Waals surface area contributed by atoms with Crippen LogP contribution in [0.25, 0.3) is 10.8 Å². The van der Waals surface area contributed by atoms with E-state index in [1.54, 1.807) is 24.3 Å². The van der Waals surface area contributed by atoms with Crippen LogP contribution in [0.4, 0.5) is 8.78 Å². The van der Waals surface area contributed by atoms with Crippen LogP contribution < -0.4 is 4.74 Å². The van der Waals surface area contributed by atoms with E-state index in [1.165, 1.54) is 12.1 Å². The molecule has 0 aliphatic rings. The topological polar surface area (TPSA) is 46.5 Å². The SMILES string of the molecule is CC(C(=O)Oc1ccc2cc(O)ccc2c1)C(F)F. The lowest BCUT2D eigenvalue weighted by Crippen LogP contribution is -2.23. The van der Waals surface area contributed by atoms with Crippen molar-refractivity contribution in [1.82, 2.24) is 0 Å². The van der Waals surface area contributed by atoms with Crippen LogP contribution in [0.15, 0.2) is 36.4 Å². The summed E-state index contributed by atoms with van der Waals surface area (Å²) in [6.07, 6.45) is -2.75. The zero-order valence-electron chi connectivity index (χ0n) is 10.1. The normalized spacial score (nSPS) is 12.6. The number of hydrogen-bond acceptors (Lipinski definition) is 3. The summed E-state index contributed by atoms with van der Waals surface area (Å²) in [5.41, 5.74) is 0. The third-order valence-electron chi connectivity index (χ3n) is 2.76. The van der Waals surface area contributed by atoms with Gasteiger partial charge in [-0.1, -0.05) is 12.1 Å². The van der Waals surface area contributed by atoms with Crippen molar-refractivity contribution in [3.8, 4) is 11.5 Å². The largest absolute Gasteiger partial charge is 0.508 e. The number of hydrogen-bond donors (Lipinski definition) is 1. The zero-order chi connectivity index (χ0) is 14.0. The molecule has 0 saturated carbocycles. The molecule has 0 spiro atoms. The fourth-order valence-corrected chi connectivity index (χ4v) is 1.59. The minimum absolute atomic E-state index is 0.128. The molecule has 0 saturated heterocycles. The molecule has 0 aliphatic carbocycles. The van der Waals surface area contributed by atoms with Crippen LogP contribution in [0, 0.1) is 5.92 Å². The van der Waals surface area contributed by atoms with Gasteiger partial charge in [-0.25, -0.2) is 8.78 Å². The van der Waals surface area contributed by atoms with Gasteiger partial charge in [0.1, 0.15) is 17.4 Å². The van der Waals surface area contributed by atoms with Crippen molar-refractivity contribution in [3.05, 3.63) is 36.4 Å². The van der Waals surface area contributed by atoms with Crippen LogP contribution in [0.1, 0.15) is 6.92 Å². The number of fused-ring (bicyclic) bond motifs is 1. The van der Waals surface area contributed by atoms with Gasteiger partial charge in [0, 0.05) is 0 Å². The monoisotopic (exact) mass is 266 g/mol. The molecular weight excluding hydrogens is 254 g/mol. The van der Waals surface area contributed by atoms with Crippen molar-refractivity contribution < 1.29 is 23.4 Å². The second-order valence-corrected chi connectivity index (χ2v) is 4.24. The molecule has 0 fully saturated rings. The van der Waals surface area contributed by atoms with Gasteiger partial charge in [0.25, 0.3) is 6.43 Å². The Bertz CT molecular complexity index is 611. The summed E-state index contributed by atoms with van der Waals surface area (Å²) >= 11 is 0. The van der Waals surface area contributed by atoms with Gasteiger partial charge in [0.2, 0.25) is 0 Å². The first-order chi connectivity index (χ1) is 8.97. The molecule has 3 nitrogen and oxygen atoms in total. The Balaban J connectivity index is 2.22. The van der Waals surface area contributed by atoms with Crippen molar-refractivity contribution in [2.24, 2.45) is 5.92 Å². The van der Waals surface area contributed by atoms with Crippen LogP contribution in [-0.2, 0) is 4.79 Å². The number of phenolic OH excluding ortho intramolecular Hbond substituents is 1. The number of alkyl halides is 2. The van der Waals surface area contributed by atoms with Gasteiger partial charge in [-0.15, -0.1) is 0 Å². The number of phenols is 1. The quantitative estimate of drug-likeness (QED) is 0.684. The summed E-state index contributed by atoms with van der Waals surface area (Å²) in [5.74, 6) is -2.09. The number of aromatic hydroxyl groups is 1. The Kier molecular flexibility index (Phi) is 3.64. The van der Waals surface area contributed by atoms with Crippen LogP contribution >= 0.6 is 0 Å². The second-order valence-electron chi connectivity index (χ2n) is 4.24. The Morgan fingerprint density at radius 1 is 1.16 bits per heavy atom. The molecule has 0 heterocycles. The minimum atomic E-state index is -2.75. The molecule has 5 heteroatoms. The molecule has 100 valence electrons.